The van der Waals surface area contributed by atoms with Crippen molar-refractivity contribution in [3.05, 3.63) is 72.0 Å². The van der Waals surface area contributed by atoms with Crippen LogP contribution in [0.15, 0.2) is 70.9 Å². The lowest BCUT2D eigenvalue weighted by molar-refractivity contribution is 0.669. The van der Waals surface area contributed by atoms with Crippen molar-refractivity contribution in [3.63, 3.8) is 0 Å². The molecule has 0 amide bonds. The minimum absolute atomic E-state index is 0.0129. The summed E-state index contributed by atoms with van der Waals surface area (Å²) in [4.78, 5) is 0. The fraction of sp³-hybridized carbons (Fsp3) is 0.0526. The monoisotopic (exact) mass is 269 g/mol. The molecule has 1 heteroatoms. The zero-order chi connectivity index (χ0) is 23.1. The Hall–Kier alpha value is -2.54. The number of benzene rings is 3. The molecule has 20 heavy (non-hydrogen) atoms. The van der Waals surface area contributed by atoms with Crippen molar-refractivity contribution >= 4 is 21.9 Å². The van der Waals surface area contributed by atoms with Crippen LogP contribution in [0, 0.1) is 6.92 Å². The molecule has 0 radical (unpaired) electrons. The normalized spacial score (nSPS) is 18.9. The molecule has 0 atom stereocenters. The molecular weight excluding hydrogens is 244 g/mol. The molecule has 1 heterocycles. The molecule has 4 rings (SSSR count). The van der Waals surface area contributed by atoms with E-state index >= 15 is 0 Å². The summed E-state index contributed by atoms with van der Waals surface area (Å²) >= 11 is 0. The molecule has 0 fully saturated rings. The van der Waals surface area contributed by atoms with Gasteiger partial charge in [-0.05, 0) is 24.1 Å². The summed E-state index contributed by atoms with van der Waals surface area (Å²) in [6.07, 6.45) is 0. The first-order valence-corrected chi connectivity index (χ1v) is 5.91. The van der Waals surface area contributed by atoms with E-state index in [-0.39, 0.29) is 50.7 Å². The number of hydrogen-bond donors (Lipinski definition) is 0. The Morgan fingerprint density at radius 1 is 0.800 bits per heavy atom. The summed E-state index contributed by atoms with van der Waals surface area (Å²) in [7, 11) is 0. The molecule has 0 saturated heterocycles. The highest BCUT2D eigenvalue weighted by Crippen LogP contribution is 2.37. The maximum atomic E-state index is 8.41. The molecule has 96 valence electrons. The Kier molecular flexibility index (Phi) is 1.01. The number of furan rings is 1. The van der Waals surface area contributed by atoms with Crippen molar-refractivity contribution < 1.29 is 19.5 Å². The van der Waals surface area contributed by atoms with Crippen molar-refractivity contribution in [3.8, 4) is 11.1 Å². The average Bonchev–Trinajstić information content (AvgIpc) is 3.14. The summed E-state index contributed by atoms with van der Waals surface area (Å²) in [6, 6.07) is -5.40. The lowest BCUT2D eigenvalue weighted by Crippen LogP contribution is -1.83. The first-order valence-electron chi connectivity index (χ1n) is 11.4. The van der Waals surface area contributed by atoms with Crippen molar-refractivity contribution in [1.82, 2.24) is 0 Å². The minimum Gasteiger partial charge on any atom is -0.455 e. The molecule has 4 aromatic rings. The second kappa shape index (κ2) is 4.24. The van der Waals surface area contributed by atoms with Crippen LogP contribution in [0.2, 0.25) is 0 Å². The van der Waals surface area contributed by atoms with Gasteiger partial charge in [0.15, 0.2) is 0 Å². The smallest absolute Gasteiger partial charge is 0.143 e. The highest BCUT2D eigenvalue weighted by atomic mass is 16.3. The second-order valence-electron chi connectivity index (χ2n) is 4.26. The molecule has 0 aliphatic heterocycles. The zero-order valence-corrected chi connectivity index (χ0v) is 10.4. The Balaban J connectivity index is 2.36. The van der Waals surface area contributed by atoms with Gasteiger partial charge in [0.05, 0.1) is 15.1 Å². The summed E-state index contributed by atoms with van der Waals surface area (Å²) in [5, 5.41) is -0.160. The Bertz CT molecular complexity index is 1420. The third-order valence-electron chi connectivity index (χ3n) is 3.06. The fourth-order valence-corrected chi connectivity index (χ4v) is 2.18. The molecule has 1 aromatic heterocycles. The van der Waals surface area contributed by atoms with Gasteiger partial charge in [-0.1, -0.05) is 60.4 Å². The third-order valence-corrected chi connectivity index (χ3v) is 3.06. The van der Waals surface area contributed by atoms with Gasteiger partial charge in [0.2, 0.25) is 0 Å². The molecule has 1 nitrogen and oxygen atoms in total. The summed E-state index contributed by atoms with van der Waals surface area (Å²) < 4.78 is 95.1. The zero-order valence-electron chi connectivity index (χ0n) is 21.4. The number of fused-ring (bicyclic) bond motifs is 3. The third kappa shape index (κ3) is 1.56. The molecule has 0 aliphatic carbocycles. The highest BCUT2D eigenvalue weighted by molar-refractivity contribution is 6.10. The lowest BCUT2D eigenvalue weighted by Gasteiger charge is -2.06. The molecular formula is C19H14O. The van der Waals surface area contributed by atoms with Gasteiger partial charge in [-0.25, -0.2) is 0 Å². The van der Waals surface area contributed by atoms with E-state index in [2.05, 4.69) is 0 Å². The highest BCUT2D eigenvalue weighted by Gasteiger charge is 2.13. The quantitative estimate of drug-likeness (QED) is 0.441. The summed E-state index contributed by atoms with van der Waals surface area (Å²) in [5.41, 5.74) is -0.463. The van der Waals surface area contributed by atoms with Crippen molar-refractivity contribution in [2.24, 2.45) is 0 Å². The SMILES string of the molecule is [2H]c1c([2H])c([2H])c(-c2c(C)c([2H])c([2H])c3c2oc2c([2H])c([2H])c([2H])c([2H])c23)c([2H])c1[2H]. The standard InChI is InChI=1S/C19H14O/c1-13-11-12-16-15-9-5-6-10-17(15)20-19(16)18(13)14-7-3-2-4-8-14/h2-12H,1H3/i2D,3D,4D,5D,6D,7D,8D,9D,10D,11D,12D. The Morgan fingerprint density at radius 2 is 1.55 bits per heavy atom. The van der Waals surface area contributed by atoms with Gasteiger partial charge >= 0.3 is 0 Å². The van der Waals surface area contributed by atoms with Crippen molar-refractivity contribution in [2.45, 2.75) is 6.92 Å². The van der Waals surface area contributed by atoms with Crippen LogP contribution in [0.25, 0.3) is 33.1 Å². The number of hydrogen-bond acceptors (Lipinski definition) is 1. The minimum atomic E-state index is -0.583. The average molecular weight is 269 g/mol. The first kappa shape index (κ1) is 4.78. The van der Waals surface area contributed by atoms with Gasteiger partial charge in [-0.3, -0.25) is 0 Å². The van der Waals surface area contributed by atoms with E-state index in [1.807, 2.05) is 0 Å². The van der Waals surface area contributed by atoms with Gasteiger partial charge < -0.3 is 4.42 Å². The van der Waals surface area contributed by atoms with E-state index in [1.54, 1.807) is 0 Å². The van der Waals surface area contributed by atoms with Crippen LogP contribution < -0.4 is 0 Å². The van der Waals surface area contributed by atoms with E-state index in [0.29, 0.717) is 0 Å². The molecule has 0 saturated carbocycles. The largest absolute Gasteiger partial charge is 0.455 e. The Morgan fingerprint density at radius 3 is 2.40 bits per heavy atom. The predicted octanol–water partition coefficient (Wildman–Crippen LogP) is 5.56. The number of rotatable bonds is 1. The van der Waals surface area contributed by atoms with E-state index in [0.717, 1.165) is 0 Å². The van der Waals surface area contributed by atoms with E-state index in [1.165, 1.54) is 6.92 Å². The molecule has 0 bridgehead atoms. The predicted molar refractivity (Wildman–Crippen MR) is 83.9 cm³/mol. The van der Waals surface area contributed by atoms with Gasteiger partial charge in [-0.2, -0.15) is 0 Å². The molecule has 3 aromatic carbocycles. The van der Waals surface area contributed by atoms with Gasteiger partial charge in [-0.15, -0.1) is 0 Å². The van der Waals surface area contributed by atoms with Crippen LogP contribution in [0.4, 0.5) is 0 Å². The maximum absolute atomic E-state index is 8.41. The molecule has 0 N–H and O–H groups in total. The van der Waals surface area contributed by atoms with Crippen LogP contribution in [-0.4, -0.2) is 0 Å². The Labute approximate surface area is 132 Å². The topological polar surface area (TPSA) is 13.1 Å². The van der Waals surface area contributed by atoms with Crippen molar-refractivity contribution in [1.29, 1.82) is 0 Å². The molecule has 0 unspecified atom stereocenters. The lowest BCUT2D eigenvalue weighted by atomic mass is 9.98. The maximum Gasteiger partial charge on any atom is 0.143 e. The van der Waals surface area contributed by atoms with Gasteiger partial charge in [0, 0.05) is 16.3 Å². The number of para-hydroxylation sites is 1. The summed E-state index contributed by atoms with van der Waals surface area (Å²) in [6.45, 7) is 1.46. The van der Waals surface area contributed by atoms with Crippen LogP contribution in [0.5, 0.6) is 0 Å². The fourth-order valence-electron chi connectivity index (χ4n) is 2.18. The summed E-state index contributed by atoms with van der Waals surface area (Å²) in [5.74, 6) is 0. The molecule has 0 spiro atoms. The first-order chi connectivity index (χ1) is 14.4. The van der Waals surface area contributed by atoms with E-state index in [9.17, 15) is 0 Å². The van der Waals surface area contributed by atoms with Crippen LogP contribution in [0.3, 0.4) is 0 Å². The van der Waals surface area contributed by atoms with E-state index < -0.39 is 54.4 Å². The second-order valence-corrected chi connectivity index (χ2v) is 4.26. The van der Waals surface area contributed by atoms with Crippen molar-refractivity contribution in [2.75, 3.05) is 0 Å². The van der Waals surface area contributed by atoms with Gasteiger partial charge in [0.25, 0.3) is 0 Å². The van der Waals surface area contributed by atoms with Crippen LogP contribution >= 0.6 is 0 Å². The van der Waals surface area contributed by atoms with Crippen LogP contribution in [-0.2, 0) is 0 Å². The molecule has 0 aliphatic rings. The van der Waals surface area contributed by atoms with Crippen LogP contribution in [0.1, 0.15) is 20.6 Å². The van der Waals surface area contributed by atoms with Gasteiger partial charge in [0.1, 0.15) is 11.2 Å². The van der Waals surface area contributed by atoms with E-state index in [4.69, 9.17) is 19.5 Å².